The van der Waals surface area contributed by atoms with Crippen LogP contribution in [0.4, 0.5) is 0 Å². The van der Waals surface area contributed by atoms with Crippen LogP contribution in [0, 0.1) is 0 Å². The van der Waals surface area contributed by atoms with E-state index in [1.807, 2.05) is 60.7 Å². The summed E-state index contributed by atoms with van der Waals surface area (Å²) in [4.78, 5) is 15.6. The molecule has 12 aromatic rings. The van der Waals surface area contributed by atoms with Gasteiger partial charge < -0.3 is 4.42 Å². The molecule has 12 rings (SSSR count). The molecule has 0 saturated carbocycles. The highest BCUT2D eigenvalue weighted by Crippen LogP contribution is 2.44. The molecule has 6 heteroatoms. The van der Waals surface area contributed by atoms with Gasteiger partial charge in [0.1, 0.15) is 16.9 Å². The molecule has 0 aliphatic carbocycles. The first-order chi connectivity index (χ1) is 30.7. The third-order valence-electron chi connectivity index (χ3n) is 11.7. The van der Waals surface area contributed by atoms with Crippen molar-refractivity contribution >= 4 is 43.6 Å². The molecule has 0 atom stereocenters. The smallest absolute Gasteiger partial charge is 0.164 e. The third-order valence-corrected chi connectivity index (χ3v) is 11.7. The summed E-state index contributed by atoms with van der Waals surface area (Å²) in [6, 6.07) is 73.2. The second kappa shape index (κ2) is 14.7. The summed E-state index contributed by atoms with van der Waals surface area (Å²) in [5.41, 5.74) is 12.7. The maximum Gasteiger partial charge on any atom is 0.164 e. The van der Waals surface area contributed by atoms with Crippen molar-refractivity contribution in [1.82, 2.24) is 24.7 Å². The van der Waals surface area contributed by atoms with E-state index in [9.17, 15) is 0 Å². The molecule has 0 unspecified atom stereocenters. The van der Waals surface area contributed by atoms with Crippen molar-refractivity contribution in [2.75, 3.05) is 0 Å². The van der Waals surface area contributed by atoms with Crippen molar-refractivity contribution in [3.63, 3.8) is 0 Å². The lowest BCUT2D eigenvalue weighted by atomic mass is 9.92. The Morgan fingerprint density at radius 3 is 1.58 bits per heavy atom. The Labute approximate surface area is 357 Å². The molecular weight excluding hydrogens is 759 g/mol. The Morgan fingerprint density at radius 2 is 0.871 bits per heavy atom. The molecule has 0 bridgehead atoms. The van der Waals surface area contributed by atoms with Crippen molar-refractivity contribution in [3.05, 3.63) is 212 Å². The van der Waals surface area contributed by atoms with Gasteiger partial charge in [-0.1, -0.05) is 188 Å². The fourth-order valence-corrected chi connectivity index (χ4v) is 8.78. The minimum Gasteiger partial charge on any atom is -0.455 e. The average Bonchev–Trinajstić information content (AvgIpc) is 3.95. The number of furan rings is 1. The van der Waals surface area contributed by atoms with Gasteiger partial charge in [-0.2, -0.15) is 5.10 Å². The fraction of sp³-hybridized carbons (Fsp3) is 0. The monoisotopic (exact) mass is 793 g/mol. The summed E-state index contributed by atoms with van der Waals surface area (Å²) in [7, 11) is 0. The maximum atomic E-state index is 6.40. The standard InChI is InChI=1S/C56H35N5O/c1-5-17-36(18-6-1)47-35-48-44(52-50(47)51(38-19-7-2-8-20-38)60-61(52)41-23-11-4-12-24-41)27-16-29-46(48)56-58-54(39-21-9-3-10-22-39)57-55(59-56)40-33-31-37(32-34-40)42-26-15-28-45-43-25-13-14-30-49(43)62-53(42)45/h1-35H. The van der Waals surface area contributed by atoms with Crippen molar-refractivity contribution in [2.45, 2.75) is 0 Å². The zero-order valence-corrected chi connectivity index (χ0v) is 33.4. The third kappa shape index (κ3) is 5.96. The molecule has 0 aliphatic rings. The minimum absolute atomic E-state index is 0.586. The lowest BCUT2D eigenvalue weighted by Crippen LogP contribution is -2.01. The molecule has 0 N–H and O–H groups in total. The number of hydrogen-bond donors (Lipinski definition) is 0. The summed E-state index contributed by atoms with van der Waals surface area (Å²) in [5, 5.41) is 10.8. The minimum atomic E-state index is 0.586. The lowest BCUT2D eigenvalue weighted by molar-refractivity contribution is 0.670. The number of para-hydroxylation sites is 3. The predicted molar refractivity (Wildman–Crippen MR) is 252 cm³/mol. The van der Waals surface area contributed by atoms with Crippen LogP contribution in [0.2, 0.25) is 0 Å². The molecule has 290 valence electrons. The number of benzene rings is 9. The van der Waals surface area contributed by atoms with Crippen LogP contribution in [-0.2, 0) is 0 Å². The topological polar surface area (TPSA) is 69.6 Å². The number of nitrogens with zero attached hydrogens (tertiary/aromatic N) is 5. The first-order valence-electron chi connectivity index (χ1n) is 20.7. The van der Waals surface area contributed by atoms with Gasteiger partial charge in [-0.25, -0.2) is 19.6 Å². The molecule has 3 aromatic heterocycles. The zero-order valence-electron chi connectivity index (χ0n) is 33.4. The van der Waals surface area contributed by atoms with Crippen molar-refractivity contribution < 1.29 is 4.42 Å². The maximum absolute atomic E-state index is 6.40. The van der Waals surface area contributed by atoms with Gasteiger partial charge in [-0.15, -0.1) is 0 Å². The number of rotatable bonds is 7. The van der Waals surface area contributed by atoms with E-state index in [1.165, 1.54) is 0 Å². The Bertz CT molecular complexity index is 3600. The van der Waals surface area contributed by atoms with Crippen LogP contribution in [0.3, 0.4) is 0 Å². The SMILES string of the molecule is c1ccc(-c2nc(-c3ccc(-c4cccc5c4oc4ccccc45)cc3)nc(-c3cccc4c3cc(-c3ccccc3)c3c(-c5ccccc5)nn(-c5ccccc5)c34)n2)cc1. The van der Waals surface area contributed by atoms with E-state index in [1.54, 1.807) is 0 Å². The van der Waals surface area contributed by atoms with Crippen LogP contribution < -0.4 is 0 Å². The van der Waals surface area contributed by atoms with E-state index in [2.05, 4.69) is 156 Å². The summed E-state index contributed by atoms with van der Waals surface area (Å²) in [6.45, 7) is 0. The molecule has 0 radical (unpaired) electrons. The zero-order chi connectivity index (χ0) is 41.0. The van der Waals surface area contributed by atoms with Crippen LogP contribution in [-0.4, -0.2) is 24.7 Å². The second-order valence-electron chi connectivity index (χ2n) is 15.4. The van der Waals surface area contributed by atoms with E-state index in [0.29, 0.717) is 17.5 Å². The normalized spacial score (nSPS) is 11.5. The van der Waals surface area contributed by atoms with Gasteiger partial charge >= 0.3 is 0 Å². The highest BCUT2D eigenvalue weighted by Gasteiger charge is 2.24. The number of aromatic nitrogens is 5. The van der Waals surface area contributed by atoms with Gasteiger partial charge in [-0.05, 0) is 46.3 Å². The van der Waals surface area contributed by atoms with Crippen LogP contribution in [0.25, 0.3) is 117 Å². The molecule has 62 heavy (non-hydrogen) atoms. The molecule has 6 nitrogen and oxygen atoms in total. The van der Waals surface area contributed by atoms with E-state index in [4.69, 9.17) is 24.5 Å². The number of hydrogen-bond acceptors (Lipinski definition) is 5. The summed E-state index contributed by atoms with van der Waals surface area (Å²) in [6.07, 6.45) is 0. The van der Waals surface area contributed by atoms with Crippen LogP contribution in [0.15, 0.2) is 217 Å². The Balaban J connectivity index is 1.08. The van der Waals surface area contributed by atoms with Gasteiger partial charge in [-0.3, -0.25) is 0 Å². The first-order valence-corrected chi connectivity index (χ1v) is 20.7. The van der Waals surface area contributed by atoms with Gasteiger partial charge in [0.2, 0.25) is 0 Å². The quantitative estimate of drug-likeness (QED) is 0.161. The summed E-state index contributed by atoms with van der Waals surface area (Å²) < 4.78 is 8.49. The molecule has 9 aromatic carbocycles. The Hall–Kier alpha value is -8.48. The largest absolute Gasteiger partial charge is 0.455 e. The highest BCUT2D eigenvalue weighted by molar-refractivity contribution is 6.19. The second-order valence-corrected chi connectivity index (χ2v) is 15.4. The molecule has 0 amide bonds. The van der Waals surface area contributed by atoms with Gasteiger partial charge in [0.05, 0.1) is 11.2 Å². The molecular formula is C56H35N5O. The van der Waals surface area contributed by atoms with Crippen molar-refractivity contribution in [3.8, 4) is 73.4 Å². The lowest BCUT2D eigenvalue weighted by Gasteiger charge is -2.14. The van der Waals surface area contributed by atoms with E-state index >= 15 is 0 Å². The first kappa shape index (κ1) is 35.5. The molecule has 3 heterocycles. The highest BCUT2D eigenvalue weighted by atomic mass is 16.3. The molecule has 0 fully saturated rings. The number of fused-ring (bicyclic) bond motifs is 6. The van der Waals surface area contributed by atoms with E-state index in [-0.39, 0.29) is 0 Å². The van der Waals surface area contributed by atoms with Crippen LogP contribution >= 0.6 is 0 Å². The van der Waals surface area contributed by atoms with Crippen molar-refractivity contribution in [1.29, 1.82) is 0 Å². The van der Waals surface area contributed by atoms with E-state index < -0.39 is 0 Å². The Morgan fingerprint density at radius 1 is 0.355 bits per heavy atom. The fourth-order valence-electron chi connectivity index (χ4n) is 8.78. The summed E-state index contributed by atoms with van der Waals surface area (Å²) >= 11 is 0. The van der Waals surface area contributed by atoms with Gasteiger partial charge in [0.25, 0.3) is 0 Å². The van der Waals surface area contributed by atoms with E-state index in [0.717, 1.165) is 99.5 Å². The molecule has 0 saturated heterocycles. The predicted octanol–water partition coefficient (Wildman–Crippen LogP) is 14.3. The molecule has 0 aliphatic heterocycles. The average molecular weight is 794 g/mol. The van der Waals surface area contributed by atoms with Crippen LogP contribution in [0.5, 0.6) is 0 Å². The molecule has 0 spiro atoms. The van der Waals surface area contributed by atoms with Gasteiger partial charge in [0.15, 0.2) is 17.5 Å². The van der Waals surface area contributed by atoms with Crippen LogP contribution in [0.1, 0.15) is 0 Å². The van der Waals surface area contributed by atoms with Gasteiger partial charge in [0, 0.05) is 49.4 Å². The van der Waals surface area contributed by atoms with Crippen molar-refractivity contribution in [2.24, 2.45) is 0 Å². The Kier molecular flexibility index (Phi) is 8.38. The summed E-state index contributed by atoms with van der Waals surface area (Å²) in [5.74, 6) is 1.77.